The van der Waals surface area contributed by atoms with Gasteiger partial charge in [0.2, 0.25) is 11.8 Å². The van der Waals surface area contributed by atoms with Crippen LogP contribution in [-0.2, 0) is 16.1 Å². The minimum Gasteiger partial charge on any atom is -0.370 e. The van der Waals surface area contributed by atoms with Crippen molar-refractivity contribution in [3.63, 3.8) is 0 Å². The molecule has 2 aromatic carbocycles. The number of benzene rings is 2. The highest BCUT2D eigenvalue weighted by atomic mass is 32.2. The van der Waals surface area contributed by atoms with E-state index in [2.05, 4.69) is 10.2 Å². The average Bonchev–Trinajstić information content (AvgIpc) is 3.55. The number of halogens is 1. The van der Waals surface area contributed by atoms with Crippen LogP contribution in [0.25, 0.3) is 11.4 Å². The predicted octanol–water partition coefficient (Wildman–Crippen LogP) is 3.42. The summed E-state index contributed by atoms with van der Waals surface area (Å²) in [4.78, 5) is 25.9. The van der Waals surface area contributed by atoms with Gasteiger partial charge in [-0.1, -0.05) is 54.2 Å². The van der Waals surface area contributed by atoms with Gasteiger partial charge in [-0.3, -0.25) is 14.2 Å². The topological polar surface area (TPSA) is 94.1 Å². The Morgan fingerprint density at radius 2 is 1.81 bits per heavy atom. The van der Waals surface area contributed by atoms with Gasteiger partial charge < -0.3 is 10.6 Å². The molecule has 1 aromatic heterocycles. The Labute approximate surface area is 189 Å². The fraction of sp³-hybridized carbons (Fsp3) is 0.304. The van der Waals surface area contributed by atoms with E-state index >= 15 is 0 Å². The van der Waals surface area contributed by atoms with Crippen LogP contribution in [0.1, 0.15) is 30.9 Å². The number of carbonyl (C=O) groups is 2. The molecule has 4 rings (SSSR count). The molecule has 0 aliphatic heterocycles. The maximum atomic E-state index is 14.3. The molecule has 1 saturated carbocycles. The van der Waals surface area contributed by atoms with E-state index in [1.54, 1.807) is 23.1 Å². The normalized spacial score (nSPS) is 13.2. The molecule has 0 atom stereocenters. The molecule has 7 nitrogen and oxygen atoms in total. The molecule has 2 amide bonds. The van der Waals surface area contributed by atoms with Gasteiger partial charge in [0, 0.05) is 25.6 Å². The molecule has 1 heterocycles. The molecular weight excluding hydrogens is 429 g/mol. The molecule has 1 fully saturated rings. The third-order valence-electron chi connectivity index (χ3n) is 5.21. The van der Waals surface area contributed by atoms with Gasteiger partial charge in [0.15, 0.2) is 11.0 Å². The lowest BCUT2D eigenvalue weighted by Crippen LogP contribution is -2.34. The van der Waals surface area contributed by atoms with Crippen molar-refractivity contribution >= 4 is 23.6 Å². The van der Waals surface area contributed by atoms with Crippen LogP contribution in [0.2, 0.25) is 0 Å². The number of hydrogen-bond donors (Lipinski definition) is 1. The van der Waals surface area contributed by atoms with Crippen LogP contribution in [0.4, 0.5) is 4.39 Å². The van der Waals surface area contributed by atoms with E-state index in [1.165, 1.54) is 17.8 Å². The second kappa shape index (κ2) is 9.95. The fourth-order valence-corrected chi connectivity index (χ4v) is 4.33. The highest BCUT2D eigenvalue weighted by molar-refractivity contribution is 7.99. The first-order valence-electron chi connectivity index (χ1n) is 10.5. The molecule has 1 aliphatic rings. The Morgan fingerprint density at radius 3 is 2.50 bits per heavy atom. The van der Waals surface area contributed by atoms with Gasteiger partial charge >= 0.3 is 0 Å². The van der Waals surface area contributed by atoms with Crippen LogP contribution < -0.4 is 5.73 Å². The molecule has 0 bridgehead atoms. The van der Waals surface area contributed by atoms with Crippen molar-refractivity contribution in [1.82, 2.24) is 19.7 Å². The van der Waals surface area contributed by atoms with Gasteiger partial charge in [0.05, 0.1) is 11.3 Å². The Hall–Kier alpha value is -3.20. The van der Waals surface area contributed by atoms with E-state index in [1.807, 2.05) is 34.9 Å². The van der Waals surface area contributed by atoms with Crippen molar-refractivity contribution in [2.24, 2.45) is 5.73 Å². The van der Waals surface area contributed by atoms with Gasteiger partial charge in [-0.25, -0.2) is 4.39 Å². The van der Waals surface area contributed by atoms with Crippen LogP contribution in [0.5, 0.6) is 0 Å². The van der Waals surface area contributed by atoms with Gasteiger partial charge in [-0.05, 0) is 30.5 Å². The van der Waals surface area contributed by atoms with Crippen molar-refractivity contribution in [2.45, 2.75) is 37.0 Å². The standard InChI is InChI=1S/C23H24FN5O2S/c24-19-9-5-4-8-18(19)22-26-27-23(29(22)17-10-11-17)32-15-21(31)28(13-12-20(25)30)14-16-6-2-1-3-7-16/h1-9,17H,10-15H2,(H2,25,30). The summed E-state index contributed by atoms with van der Waals surface area (Å²) < 4.78 is 16.3. The Morgan fingerprint density at radius 1 is 1.09 bits per heavy atom. The Kier molecular flexibility index (Phi) is 6.84. The zero-order chi connectivity index (χ0) is 22.5. The SMILES string of the molecule is NC(=O)CCN(Cc1ccccc1)C(=O)CSc1nnc(-c2ccccc2F)n1C1CC1. The highest BCUT2D eigenvalue weighted by Gasteiger charge is 2.31. The zero-order valence-electron chi connectivity index (χ0n) is 17.5. The molecule has 0 spiro atoms. The van der Waals surface area contributed by atoms with Gasteiger partial charge in [0.25, 0.3) is 0 Å². The minimum atomic E-state index is -0.452. The number of carbonyl (C=O) groups excluding carboxylic acids is 2. The van der Waals surface area contributed by atoms with Crippen molar-refractivity contribution in [3.05, 3.63) is 66.0 Å². The quantitative estimate of drug-likeness (QED) is 0.475. The molecule has 32 heavy (non-hydrogen) atoms. The minimum absolute atomic E-state index is 0.0962. The lowest BCUT2D eigenvalue weighted by molar-refractivity contribution is -0.129. The number of nitrogens with two attached hydrogens (primary N) is 1. The van der Waals surface area contributed by atoms with E-state index in [0.717, 1.165) is 18.4 Å². The second-order valence-corrected chi connectivity index (χ2v) is 8.64. The molecule has 0 unspecified atom stereocenters. The number of rotatable bonds is 10. The summed E-state index contributed by atoms with van der Waals surface area (Å²) in [7, 11) is 0. The van der Waals surface area contributed by atoms with Crippen molar-refractivity contribution in [2.75, 3.05) is 12.3 Å². The summed E-state index contributed by atoms with van der Waals surface area (Å²) >= 11 is 1.28. The summed E-state index contributed by atoms with van der Waals surface area (Å²) in [5.74, 6) is -0.317. The number of thioether (sulfide) groups is 1. The molecule has 0 saturated heterocycles. The van der Waals surface area contributed by atoms with E-state index in [4.69, 9.17) is 5.73 Å². The molecular formula is C23H24FN5O2S. The zero-order valence-corrected chi connectivity index (χ0v) is 18.3. The largest absolute Gasteiger partial charge is 0.370 e. The third-order valence-corrected chi connectivity index (χ3v) is 6.14. The summed E-state index contributed by atoms with van der Waals surface area (Å²) in [6, 6.07) is 16.3. The second-order valence-electron chi connectivity index (χ2n) is 7.69. The van der Waals surface area contributed by atoms with Gasteiger partial charge in [-0.15, -0.1) is 10.2 Å². The summed E-state index contributed by atoms with van der Waals surface area (Å²) in [6.45, 7) is 0.642. The lowest BCUT2D eigenvalue weighted by atomic mass is 10.2. The number of primary amides is 1. The van der Waals surface area contributed by atoms with Crippen molar-refractivity contribution in [1.29, 1.82) is 0 Å². The average molecular weight is 454 g/mol. The smallest absolute Gasteiger partial charge is 0.233 e. The summed E-state index contributed by atoms with van der Waals surface area (Å²) in [5, 5.41) is 9.06. The van der Waals surface area contributed by atoms with E-state index < -0.39 is 5.91 Å². The maximum absolute atomic E-state index is 14.3. The van der Waals surface area contributed by atoms with Crippen LogP contribution in [0, 0.1) is 5.82 Å². The van der Waals surface area contributed by atoms with Crippen LogP contribution >= 0.6 is 11.8 Å². The first-order valence-corrected chi connectivity index (χ1v) is 11.4. The van der Waals surface area contributed by atoms with Gasteiger partial charge in [0.1, 0.15) is 5.82 Å². The monoisotopic (exact) mass is 453 g/mol. The fourth-order valence-electron chi connectivity index (χ4n) is 3.42. The first kappa shape index (κ1) is 22.0. The molecule has 2 N–H and O–H groups in total. The van der Waals surface area contributed by atoms with E-state index in [0.29, 0.717) is 23.1 Å². The number of aromatic nitrogens is 3. The number of nitrogens with zero attached hydrogens (tertiary/aromatic N) is 4. The molecule has 0 radical (unpaired) electrons. The summed E-state index contributed by atoms with van der Waals surface area (Å²) in [5.41, 5.74) is 6.67. The van der Waals surface area contributed by atoms with Crippen LogP contribution in [0.15, 0.2) is 59.8 Å². The molecule has 3 aromatic rings. The van der Waals surface area contributed by atoms with Crippen LogP contribution in [0.3, 0.4) is 0 Å². The Bertz CT molecular complexity index is 1100. The third kappa shape index (κ3) is 5.34. The maximum Gasteiger partial charge on any atom is 0.233 e. The highest BCUT2D eigenvalue weighted by Crippen LogP contribution is 2.41. The summed E-state index contributed by atoms with van der Waals surface area (Å²) in [6.07, 6.45) is 2.04. The lowest BCUT2D eigenvalue weighted by Gasteiger charge is -2.22. The Balaban J connectivity index is 1.49. The number of hydrogen-bond acceptors (Lipinski definition) is 5. The van der Waals surface area contributed by atoms with Gasteiger partial charge in [-0.2, -0.15) is 0 Å². The first-order chi connectivity index (χ1) is 15.5. The van der Waals surface area contributed by atoms with Crippen molar-refractivity contribution < 1.29 is 14.0 Å². The van der Waals surface area contributed by atoms with Crippen molar-refractivity contribution in [3.8, 4) is 11.4 Å². The molecule has 166 valence electrons. The van der Waals surface area contributed by atoms with Crippen LogP contribution in [-0.4, -0.2) is 43.8 Å². The molecule has 1 aliphatic carbocycles. The predicted molar refractivity (Wildman–Crippen MR) is 120 cm³/mol. The molecule has 9 heteroatoms. The number of amides is 2. The van der Waals surface area contributed by atoms with E-state index in [9.17, 15) is 14.0 Å². The van der Waals surface area contributed by atoms with E-state index in [-0.39, 0.29) is 36.5 Å².